The molecule has 4 aromatic heterocycles. The zero-order chi connectivity index (χ0) is 23.8. The normalized spacial score (nSPS) is 12.5. The summed E-state index contributed by atoms with van der Waals surface area (Å²) in [7, 11) is 1.46. The van der Waals surface area contributed by atoms with Gasteiger partial charge >= 0.3 is 6.18 Å². The Labute approximate surface area is 185 Å². The lowest BCUT2D eigenvalue weighted by molar-refractivity contribution is -0.141. The molecule has 8 nitrogen and oxygen atoms in total. The molecule has 0 fully saturated rings. The zero-order valence-corrected chi connectivity index (χ0v) is 17.5. The van der Waals surface area contributed by atoms with Gasteiger partial charge in [-0.25, -0.2) is 9.97 Å². The number of fused-ring (bicyclic) bond motifs is 1. The van der Waals surface area contributed by atoms with E-state index in [-0.39, 0.29) is 28.1 Å². The summed E-state index contributed by atoms with van der Waals surface area (Å²) in [6.07, 6.45) is 0.846. The first kappa shape index (κ1) is 22.1. The van der Waals surface area contributed by atoms with Crippen molar-refractivity contribution in [3.05, 3.63) is 71.3 Å². The third-order valence-electron chi connectivity index (χ3n) is 5.10. The zero-order valence-electron chi connectivity index (χ0n) is 17.5. The van der Waals surface area contributed by atoms with Crippen LogP contribution in [-0.2, 0) is 11.0 Å². The summed E-state index contributed by atoms with van der Waals surface area (Å²) in [5.74, 6) is -0.382. The predicted molar refractivity (Wildman–Crippen MR) is 114 cm³/mol. The molecule has 168 valence electrons. The molecule has 11 heteroatoms. The van der Waals surface area contributed by atoms with Crippen LogP contribution < -0.4 is 10.9 Å². The predicted octanol–water partition coefficient (Wildman–Crippen LogP) is 3.24. The van der Waals surface area contributed by atoms with Crippen molar-refractivity contribution >= 4 is 16.8 Å². The number of amides is 1. The molecule has 1 atom stereocenters. The van der Waals surface area contributed by atoms with Crippen LogP contribution in [0.3, 0.4) is 0 Å². The van der Waals surface area contributed by atoms with Gasteiger partial charge in [0.2, 0.25) is 5.91 Å². The smallest absolute Gasteiger partial charge is 0.357 e. The van der Waals surface area contributed by atoms with Crippen LogP contribution in [0.4, 0.5) is 13.2 Å². The van der Waals surface area contributed by atoms with Gasteiger partial charge in [-0.3, -0.25) is 24.1 Å². The lowest BCUT2D eigenvalue weighted by Crippen LogP contribution is -2.34. The van der Waals surface area contributed by atoms with Crippen LogP contribution in [0.2, 0.25) is 0 Å². The molecule has 0 aromatic carbocycles. The number of aromatic nitrogens is 5. The van der Waals surface area contributed by atoms with E-state index in [1.165, 1.54) is 36.3 Å². The number of carbonyl (C=O) groups is 1. The maximum absolute atomic E-state index is 13.3. The second-order valence-electron chi connectivity index (χ2n) is 7.17. The van der Waals surface area contributed by atoms with Crippen LogP contribution in [0.5, 0.6) is 0 Å². The maximum Gasteiger partial charge on any atom is 0.433 e. The molecule has 0 bridgehead atoms. The number of pyridine rings is 3. The fourth-order valence-corrected chi connectivity index (χ4v) is 3.32. The number of alkyl halides is 3. The number of hydrogen-bond acceptors (Lipinski definition) is 6. The molecule has 0 spiro atoms. The molecule has 0 radical (unpaired) electrons. The van der Waals surface area contributed by atoms with E-state index >= 15 is 0 Å². The van der Waals surface area contributed by atoms with Crippen LogP contribution in [0, 0.1) is 0 Å². The van der Waals surface area contributed by atoms with Crippen molar-refractivity contribution in [1.29, 1.82) is 0 Å². The fourth-order valence-electron chi connectivity index (χ4n) is 3.32. The standard InChI is InChI=1S/C22H17F3N6O2/c1-12(20(32)26-2)31-11-29-19-15(21(31)33)8-16(30-18(19)14-4-3-7-27-9-14)13-5-6-17(28-10-13)22(23,24)25/h3-12H,1-2H3,(H,26,32)/t12-/m0/s1. The summed E-state index contributed by atoms with van der Waals surface area (Å²) in [5.41, 5.74) is 0.140. The molecule has 4 aromatic rings. The molecule has 1 amide bonds. The molecule has 33 heavy (non-hydrogen) atoms. The minimum Gasteiger partial charge on any atom is -0.357 e. The quantitative estimate of drug-likeness (QED) is 0.508. The molecule has 0 saturated heterocycles. The molecule has 0 saturated carbocycles. The Balaban J connectivity index is 1.97. The SMILES string of the molecule is CNC(=O)[C@H](C)n1cnc2c(-c3cccnc3)nc(-c3ccc(C(F)(F)F)nc3)cc2c1=O. The van der Waals surface area contributed by atoms with Gasteiger partial charge in [-0.15, -0.1) is 0 Å². The van der Waals surface area contributed by atoms with Crippen molar-refractivity contribution in [2.45, 2.75) is 19.1 Å². The Morgan fingerprint density at radius 3 is 2.52 bits per heavy atom. The fraction of sp³-hybridized carbons (Fsp3) is 0.182. The first-order valence-corrected chi connectivity index (χ1v) is 9.78. The van der Waals surface area contributed by atoms with Crippen molar-refractivity contribution in [3.8, 4) is 22.5 Å². The molecular weight excluding hydrogens is 437 g/mol. The van der Waals surface area contributed by atoms with E-state index in [0.29, 0.717) is 11.3 Å². The summed E-state index contributed by atoms with van der Waals surface area (Å²) < 4.78 is 39.9. The minimum atomic E-state index is -4.58. The summed E-state index contributed by atoms with van der Waals surface area (Å²) >= 11 is 0. The van der Waals surface area contributed by atoms with Gasteiger partial charge in [0.05, 0.1) is 23.1 Å². The number of carbonyl (C=O) groups excluding carboxylic acids is 1. The van der Waals surface area contributed by atoms with Gasteiger partial charge in [-0.2, -0.15) is 13.2 Å². The van der Waals surface area contributed by atoms with Crippen molar-refractivity contribution in [1.82, 2.24) is 29.8 Å². The second kappa shape index (κ2) is 8.41. The summed E-state index contributed by atoms with van der Waals surface area (Å²) in [5, 5.41) is 2.63. The van der Waals surface area contributed by atoms with Gasteiger partial charge in [-0.05, 0) is 37.3 Å². The Morgan fingerprint density at radius 2 is 1.91 bits per heavy atom. The van der Waals surface area contributed by atoms with E-state index in [2.05, 4.69) is 25.3 Å². The van der Waals surface area contributed by atoms with Crippen molar-refractivity contribution in [2.75, 3.05) is 7.05 Å². The highest BCUT2D eigenvalue weighted by molar-refractivity contribution is 5.93. The molecule has 0 aliphatic heterocycles. The lowest BCUT2D eigenvalue weighted by Gasteiger charge is -2.15. The van der Waals surface area contributed by atoms with Gasteiger partial charge in [0.25, 0.3) is 5.56 Å². The molecule has 0 unspecified atom stereocenters. The van der Waals surface area contributed by atoms with Crippen molar-refractivity contribution < 1.29 is 18.0 Å². The monoisotopic (exact) mass is 454 g/mol. The third kappa shape index (κ3) is 4.16. The summed E-state index contributed by atoms with van der Waals surface area (Å²) in [4.78, 5) is 41.8. The molecular formula is C22H17F3N6O2. The van der Waals surface area contributed by atoms with Crippen LogP contribution >= 0.6 is 0 Å². The molecule has 4 heterocycles. The highest BCUT2D eigenvalue weighted by atomic mass is 19.4. The van der Waals surface area contributed by atoms with E-state index in [1.807, 2.05) is 0 Å². The number of likely N-dealkylation sites (N-methyl/N-ethyl adjacent to an activating group) is 1. The number of hydrogen-bond donors (Lipinski definition) is 1. The number of nitrogens with one attached hydrogen (secondary N) is 1. The third-order valence-corrected chi connectivity index (χ3v) is 5.10. The van der Waals surface area contributed by atoms with Crippen molar-refractivity contribution in [2.24, 2.45) is 0 Å². The molecule has 1 N–H and O–H groups in total. The average Bonchev–Trinajstić information content (AvgIpc) is 2.83. The molecule has 0 aliphatic carbocycles. The lowest BCUT2D eigenvalue weighted by atomic mass is 10.1. The first-order valence-electron chi connectivity index (χ1n) is 9.78. The first-order chi connectivity index (χ1) is 15.7. The number of halogens is 3. The van der Waals surface area contributed by atoms with Crippen LogP contribution in [0.15, 0.2) is 60.0 Å². The Kier molecular flexibility index (Phi) is 5.62. The van der Waals surface area contributed by atoms with E-state index in [0.717, 1.165) is 12.3 Å². The van der Waals surface area contributed by atoms with Gasteiger partial charge in [0.15, 0.2) is 0 Å². The number of nitrogens with zero attached hydrogens (tertiary/aromatic N) is 5. The molecule has 0 aliphatic rings. The topological polar surface area (TPSA) is 103 Å². The van der Waals surface area contributed by atoms with Crippen molar-refractivity contribution in [3.63, 3.8) is 0 Å². The van der Waals surface area contributed by atoms with E-state index in [4.69, 9.17) is 0 Å². The average molecular weight is 454 g/mol. The maximum atomic E-state index is 13.3. The Bertz CT molecular complexity index is 1390. The minimum absolute atomic E-state index is 0.150. The molecule has 4 rings (SSSR count). The van der Waals surface area contributed by atoms with E-state index < -0.39 is 23.5 Å². The van der Waals surface area contributed by atoms with E-state index in [1.54, 1.807) is 25.3 Å². The number of rotatable bonds is 4. The Morgan fingerprint density at radius 1 is 1.12 bits per heavy atom. The van der Waals surface area contributed by atoms with Gasteiger partial charge in [0.1, 0.15) is 17.3 Å². The second-order valence-corrected chi connectivity index (χ2v) is 7.17. The van der Waals surface area contributed by atoms with Gasteiger partial charge in [-0.1, -0.05) is 0 Å². The van der Waals surface area contributed by atoms with Gasteiger partial charge in [0, 0.05) is 36.8 Å². The highest BCUT2D eigenvalue weighted by Crippen LogP contribution is 2.31. The van der Waals surface area contributed by atoms with Crippen LogP contribution in [-0.4, -0.2) is 37.5 Å². The summed E-state index contributed by atoms with van der Waals surface area (Å²) in [6.45, 7) is 1.55. The highest BCUT2D eigenvalue weighted by Gasteiger charge is 2.32. The summed E-state index contributed by atoms with van der Waals surface area (Å²) in [6, 6.07) is 6.10. The Hall–Kier alpha value is -4.15. The van der Waals surface area contributed by atoms with Crippen LogP contribution in [0.25, 0.3) is 33.4 Å². The van der Waals surface area contributed by atoms with Crippen LogP contribution in [0.1, 0.15) is 18.7 Å². The largest absolute Gasteiger partial charge is 0.433 e. The van der Waals surface area contributed by atoms with Gasteiger partial charge < -0.3 is 5.32 Å². The van der Waals surface area contributed by atoms with E-state index in [9.17, 15) is 22.8 Å².